The number of rotatable bonds is 4. The van der Waals surface area contributed by atoms with E-state index in [0.717, 1.165) is 12.8 Å². The van der Waals surface area contributed by atoms with Gasteiger partial charge in [0.05, 0.1) is 0 Å². The summed E-state index contributed by atoms with van der Waals surface area (Å²) in [5.74, 6) is -0.828. The average Bonchev–Trinajstić information content (AvgIpc) is 2.56. The Morgan fingerprint density at radius 2 is 2.15 bits per heavy atom. The zero-order valence-electron chi connectivity index (χ0n) is 7.65. The summed E-state index contributed by atoms with van der Waals surface area (Å²) in [6.07, 6.45) is 1.75. The predicted octanol–water partition coefficient (Wildman–Crippen LogP) is 1.67. The van der Waals surface area contributed by atoms with Crippen molar-refractivity contribution in [2.45, 2.75) is 32.6 Å². The molecule has 0 bridgehead atoms. The molecule has 1 N–H and O–H groups in total. The molecule has 0 saturated heterocycles. The maximum atomic E-state index is 10.4. The van der Waals surface area contributed by atoms with Crippen molar-refractivity contribution < 1.29 is 14.4 Å². The van der Waals surface area contributed by atoms with E-state index in [9.17, 15) is 4.79 Å². The van der Waals surface area contributed by atoms with Gasteiger partial charge < -0.3 is 9.63 Å². The molecule has 0 aromatic carbocycles. The maximum absolute atomic E-state index is 10.4. The highest BCUT2D eigenvalue weighted by molar-refractivity contribution is 5.82. The Morgan fingerprint density at radius 1 is 1.54 bits per heavy atom. The van der Waals surface area contributed by atoms with Gasteiger partial charge in [-0.25, -0.2) is 4.79 Å². The number of aromatic nitrogens is 2. The standard InChI is InChI=1S/C8H12N2O3/c1-3-5(4-2)7-9-6(8(11)12)10-13-7/h5H,3-4H2,1-2H3,(H,11,12). The van der Waals surface area contributed by atoms with Crippen LogP contribution in [0.2, 0.25) is 0 Å². The normalized spacial score (nSPS) is 10.7. The van der Waals surface area contributed by atoms with Crippen molar-refractivity contribution in [3.8, 4) is 0 Å². The molecule has 0 amide bonds. The molecule has 0 aliphatic carbocycles. The molecule has 5 nitrogen and oxygen atoms in total. The Labute approximate surface area is 75.8 Å². The second kappa shape index (κ2) is 4.02. The van der Waals surface area contributed by atoms with Crippen molar-refractivity contribution in [2.24, 2.45) is 0 Å². The molecule has 1 aromatic heterocycles. The Balaban J connectivity index is 2.84. The Hall–Kier alpha value is -1.39. The number of carboxylic acid groups (broad SMARTS) is 1. The summed E-state index contributed by atoms with van der Waals surface area (Å²) in [6, 6.07) is 0. The molecular weight excluding hydrogens is 172 g/mol. The minimum absolute atomic E-state index is 0.167. The molecule has 13 heavy (non-hydrogen) atoms. The fraction of sp³-hybridized carbons (Fsp3) is 0.625. The van der Waals surface area contributed by atoms with Gasteiger partial charge in [0, 0.05) is 5.92 Å². The van der Waals surface area contributed by atoms with Crippen LogP contribution in [0.25, 0.3) is 0 Å². The predicted molar refractivity (Wildman–Crippen MR) is 44.6 cm³/mol. The van der Waals surface area contributed by atoms with Gasteiger partial charge in [-0.1, -0.05) is 13.8 Å². The minimum Gasteiger partial charge on any atom is -0.475 e. The molecule has 72 valence electrons. The number of aromatic carboxylic acids is 1. The van der Waals surface area contributed by atoms with Crippen molar-refractivity contribution in [2.75, 3.05) is 0 Å². The van der Waals surface area contributed by atoms with Gasteiger partial charge in [-0.05, 0) is 18.0 Å². The van der Waals surface area contributed by atoms with E-state index in [1.54, 1.807) is 0 Å². The first kappa shape index (κ1) is 9.70. The molecule has 5 heteroatoms. The first-order chi connectivity index (χ1) is 6.19. The summed E-state index contributed by atoms with van der Waals surface area (Å²) in [6.45, 7) is 4.00. The lowest BCUT2D eigenvalue weighted by molar-refractivity contribution is 0.0680. The fourth-order valence-corrected chi connectivity index (χ4v) is 1.13. The largest absolute Gasteiger partial charge is 0.475 e. The van der Waals surface area contributed by atoms with E-state index >= 15 is 0 Å². The van der Waals surface area contributed by atoms with E-state index < -0.39 is 5.97 Å². The fourth-order valence-electron chi connectivity index (χ4n) is 1.13. The highest BCUT2D eigenvalue weighted by Gasteiger charge is 2.18. The molecule has 1 aromatic rings. The van der Waals surface area contributed by atoms with E-state index in [2.05, 4.69) is 10.1 Å². The molecule has 0 aliphatic heterocycles. The molecule has 0 saturated carbocycles. The summed E-state index contributed by atoms with van der Waals surface area (Å²) in [5.41, 5.74) is 0. The molecule has 0 fully saturated rings. The van der Waals surface area contributed by atoms with Crippen LogP contribution < -0.4 is 0 Å². The van der Waals surface area contributed by atoms with Gasteiger partial charge in [0.15, 0.2) is 0 Å². The molecule has 1 heterocycles. The summed E-state index contributed by atoms with van der Waals surface area (Å²) in [7, 11) is 0. The summed E-state index contributed by atoms with van der Waals surface area (Å²) in [5, 5.41) is 11.9. The Morgan fingerprint density at radius 3 is 2.54 bits per heavy atom. The van der Waals surface area contributed by atoms with Crippen LogP contribution in [0.3, 0.4) is 0 Å². The third kappa shape index (κ3) is 2.05. The van der Waals surface area contributed by atoms with Gasteiger partial charge in [0.1, 0.15) is 0 Å². The van der Waals surface area contributed by atoms with Crippen molar-refractivity contribution in [3.63, 3.8) is 0 Å². The second-order valence-corrected chi connectivity index (χ2v) is 2.77. The second-order valence-electron chi connectivity index (χ2n) is 2.77. The molecular formula is C8H12N2O3. The van der Waals surface area contributed by atoms with Gasteiger partial charge in [0.2, 0.25) is 5.89 Å². The average molecular weight is 184 g/mol. The SMILES string of the molecule is CCC(CC)c1nc(C(=O)O)no1. The van der Waals surface area contributed by atoms with Crippen molar-refractivity contribution in [1.82, 2.24) is 10.1 Å². The minimum atomic E-state index is -1.15. The molecule has 0 aliphatic rings. The van der Waals surface area contributed by atoms with E-state index in [-0.39, 0.29) is 11.7 Å². The lowest BCUT2D eigenvalue weighted by Crippen LogP contribution is -2.00. The zero-order valence-corrected chi connectivity index (χ0v) is 7.65. The molecule has 1 rings (SSSR count). The Kier molecular flexibility index (Phi) is 3.00. The van der Waals surface area contributed by atoms with Crippen LogP contribution in [-0.2, 0) is 0 Å². The van der Waals surface area contributed by atoms with Crippen LogP contribution in [0.5, 0.6) is 0 Å². The van der Waals surface area contributed by atoms with Gasteiger partial charge >= 0.3 is 5.97 Å². The first-order valence-electron chi connectivity index (χ1n) is 4.25. The molecule has 0 radical (unpaired) electrons. The Bertz CT molecular complexity index is 291. The number of hydrogen-bond donors (Lipinski definition) is 1. The van der Waals surface area contributed by atoms with E-state index in [0.29, 0.717) is 5.89 Å². The van der Waals surface area contributed by atoms with Crippen molar-refractivity contribution in [1.29, 1.82) is 0 Å². The monoisotopic (exact) mass is 184 g/mol. The zero-order chi connectivity index (χ0) is 9.84. The van der Waals surface area contributed by atoms with E-state index in [1.807, 2.05) is 13.8 Å². The van der Waals surface area contributed by atoms with Crippen LogP contribution in [0.4, 0.5) is 0 Å². The quantitative estimate of drug-likeness (QED) is 0.770. The molecule has 0 unspecified atom stereocenters. The van der Waals surface area contributed by atoms with E-state index in [1.165, 1.54) is 0 Å². The smallest absolute Gasteiger partial charge is 0.377 e. The van der Waals surface area contributed by atoms with Crippen LogP contribution in [0, 0.1) is 0 Å². The lowest BCUT2D eigenvalue weighted by atomic mass is 10.0. The van der Waals surface area contributed by atoms with Crippen LogP contribution in [0.1, 0.15) is 49.1 Å². The number of hydrogen-bond acceptors (Lipinski definition) is 4. The number of nitrogens with zero attached hydrogens (tertiary/aromatic N) is 2. The van der Waals surface area contributed by atoms with Gasteiger partial charge in [-0.3, -0.25) is 0 Å². The topological polar surface area (TPSA) is 76.2 Å². The summed E-state index contributed by atoms with van der Waals surface area (Å²) >= 11 is 0. The summed E-state index contributed by atoms with van der Waals surface area (Å²) < 4.78 is 4.83. The molecule has 0 spiro atoms. The highest BCUT2D eigenvalue weighted by atomic mass is 16.5. The third-order valence-electron chi connectivity index (χ3n) is 1.97. The van der Waals surface area contributed by atoms with Gasteiger partial charge in [-0.15, -0.1) is 0 Å². The first-order valence-corrected chi connectivity index (χ1v) is 4.25. The number of carbonyl (C=O) groups is 1. The van der Waals surface area contributed by atoms with E-state index in [4.69, 9.17) is 9.63 Å². The van der Waals surface area contributed by atoms with Crippen LogP contribution in [-0.4, -0.2) is 21.2 Å². The third-order valence-corrected chi connectivity index (χ3v) is 1.97. The highest BCUT2D eigenvalue weighted by Crippen LogP contribution is 2.20. The van der Waals surface area contributed by atoms with Crippen LogP contribution in [0.15, 0.2) is 4.52 Å². The summed E-state index contributed by atoms with van der Waals surface area (Å²) in [4.78, 5) is 14.2. The maximum Gasteiger partial charge on any atom is 0.377 e. The van der Waals surface area contributed by atoms with Gasteiger partial charge in [-0.2, -0.15) is 4.98 Å². The van der Waals surface area contributed by atoms with Crippen molar-refractivity contribution >= 4 is 5.97 Å². The van der Waals surface area contributed by atoms with Gasteiger partial charge in [0.25, 0.3) is 5.82 Å². The molecule has 0 atom stereocenters. The number of carboxylic acids is 1. The lowest BCUT2D eigenvalue weighted by Gasteiger charge is -2.03. The van der Waals surface area contributed by atoms with Crippen LogP contribution >= 0.6 is 0 Å². The van der Waals surface area contributed by atoms with Crippen molar-refractivity contribution in [3.05, 3.63) is 11.7 Å².